The van der Waals surface area contributed by atoms with Gasteiger partial charge in [0, 0.05) is 6.54 Å². The Balaban J connectivity index is 1.82. The number of nitrogens with zero attached hydrogens (tertiary/aromatic N) is 2. The summed E-state index contributed by atoms with van der Waals surface area (Å²) in [6, 6.07) is 17.8. The summed E-state index contributed by atoms with van der Waals surface area (Å²) in [7, 11) is -3.68. The molecule has 2 N–H and O–H groups in total. The number of benzene rings is 2. The van der Waals surface area contributed by atoms with Gasteiger partial charge in [-0.05, 0) is 17.5 Å². The van der Waals surface area contributed by atoms with E-state index >= 15 is 0 Å². The van der Waals surface area contributed by atoms with Crippen LogP contribution in [0.25, 0.3) is 0 Å². The Bertz CT molecular complexity index is 932. The number of rotatable bonds is 7. The van der Waals surface area contributed by atoms with Crippen LogP contribution in [0.3, 0.4) is 0 Å². The molecule has 1 saturated heterocycles. The summed E-state index contributed by atoms with van der Waals surface area (Å²) in [6.07, 6.45) is 0.442. The van der Waals surface area contributed by atoms with Crippen LogP contribution in [-0.2, 0) is 31.8 Å². The first-order valence-corrected chi connectivity index (χ1v) is 10.6. The summed E-state index contributed by atoms with van der Waals surface area (Å²) in [4.78, 5) is 25.5. The minimum absolute atomic E-state index is 0.128. The number of carbonyl (C=O) groups is 2. The Kier molecular flexibility index (Phi) is 6.11. The first-order valence-electron chi connectivity index (χ1n) is 8.98. The van der Waals surface area contributed by atoms with Crippen LogP contribution in [-0.4, -0.2) is 55.1 Å². The lowest BCUT2D eigenvalue weighted by atomic mass is 10.0. The van der Waals surface area contributed by atoms with Crippen molar-refractivity contribution < 1.29 is 18.0 Å². The van der Waals surface area contributed by atoms with E-state index in [0.29, 0.717) is 12.0 Å². The van der Waals surface area contributed by atoms with Crippen molar-refractivity contribution >= 4 is 21.8 Å². The van der Waals surface area contributed by atoms with Crippen molar-refractivity contribution in [3.05, 3.63) is 71.8 Å². The van der Waals surface area contributed by atoms with Crippen molar-refractivity contribution in [2.45, 2.75) is 18.2 Å². The summed E-state index contributed by atoms with van der Waals surface area (Å²) in [5.41, 5.74) is 6.92. The van der Waals surface area contributed by atoms with E-state index in [1.54, 1.807) is 24.3 Å². The van der Waals surface area contributed by atoms with Gasteiger partial charge < -0.3 is 10.6 Å². The van der Waals surface area contributed by atoms with Crippen LogP contribution in [0.2, 0.25) is 0 Å². The largest absolute Gasteiger partial charge is 0.368 e. The van der Waals surface area contributed by atoms with Crippen LogP contribution in [0.15, 0.2) is 60.7 Å². The van der Waals surface area contributed by atoms with Crippen molar-refractivity contribution in [1.82, 2.24) is 9.21 Å². The van der Waals surface area contributed by atoms with Crippen molar-refractivity contribution in [3.8, 4) is 0 Å². The third-order valence-electron chi connectivity index (χ3n) is 4.71. The summed E-state index contributed by atoms with van der Waals surface area (Å²) in [6.45, 7) is -0.375. The normalized spacial score (nSPS) is 18.2. The van der Waals surface area contributed by atoms with Crippen LogP contribution in [0, 0.1) is 0 Å². The maximum atomic E-state index is 12.9. The van der Waals surface area contributed by atoms with Crippen LogP contribution in [0.1, 0.15) is 11.1 Å². The number of amides is 2. The lowest BCUT2D eigenvalue weighted by Crippen LogP contribution is -2.60. The molecule has 1 unspecified atom stereocenters. The average Bonchev–Trinajstić information content (AvgIpc) is 2.65. The van der Waals surface area contributed by atoms with Gasteiger partial charge in [0.15, 0.2) is 0 Å². The van der Waals surface area contributed by atoms with E-state index < -0.39 is 27.9 Å². The minimum atomic E-state index is -3.68. The Hall–Kier alpha value is -2.71. The molecule has 3 rings (SSSR count). The summed E-state index contributed by atoms with van der Waals surface area (Å²) >= 11 is 0. The van der Waals surface area contributed by atoms with Gasteiger partial charge in [-0.1, -0.05) is 60.7 Å². The highest BCUT2D eigenvalue weighted by molar-refractivity contribution is 7.88. The predicted molar refractivity (Wildman–Crippen MR) is 105 cm³/mol. The molecule has 1 atom stereocenters. The highest BCUT2D eigenvalue weighted by atomic mass is 32.2. The van der Waals surface area contributed by atoms with Gasteiger partial charge in [0.05, 0.1) is 24.9 Å². The van der Waals surface area contributed by atoms with Gasteiger partial charge in [0.1, 0.15) is 0 Å². The lowest BCUT2D eigenvalue weighted by molar-refractivity contribution is -0.141. The highest BCUT2D eigenvalue weighted by Gasteiger charge is 2.38. The predicted octanol–water partition coefficient (Wildman–Crippen LogP) is 0.757. The Morgan fingerprint density at radius 1 is 1.00 bits per heavy atom. The second-order valence-corrected chi connectivity index (χ2v) is 8.83. The third-order valence-corrected chi connectivity index (χ3v) is 6.48. The SMILES string of the molecule is NC(=O)CN1C(=O)CN(S(=O)(=O)Cc2ccccc2)CC1Cc1ccccc1. The first kappa shape index (κ1) is 20.0. The molecule has 1 aliphatic rings. The molecule has 148 valence electrons. The average molecular weight is 401 g/mol. The van der Waals surface area contributed by atoms with E-state index in [9.17, 15) is 18.0 Å². The number of nitrogens with two attached hydrogens (primary N) is 1. The monoisotopic (exact) mass is 401 g/mol. The Morgan fingerprint density at radius 3 is 2.14 bits per heavy atom. The van der Waals surface area contributed by atoms with Crippen LogP contribution < -0.4 is 5.73 Å². The molecule has 28 heavy (non-hydrogen) atoms. The molecule has 0 aromatic heterocycles. The van der Waals surface area contributed by atoms with Crippen molar-refractivity contribution in [2.24, 2.45) is 5.73 Å². The minimum Gasteiger partial charge on any atom is -0.368 e. The zero-order chi connectivity index (χ0) is 20.1. The molecule has 8 heteroatoms. The summed E-state index contributed by atoms with van der Waals surface area (Å²) in [5, 5.41) is 0. The molecule has 0 radical (unpaired) electrons. The molecule has 0 bridgehead atoms. The quantitative estimate of drug-likeness (QED) is 0.740. The number of hydrogen-bond acceptors (Lipinski definition) is 4. The summed E-state index contributed by atoms with van der Waals surface area (Å²) in [5.74, 6) is -1.20. The van der Waals surface area contributed by atoms with Crippen molar-refractivity contribution in [2.75, 3.05) is 19.6 Å². The number of carbonyl (C=O) groups excluding carboxylic acids is 2. The second kappa shape index (κ2) is 8.53. The maximum Gasteiger partial charge on any atom is 0.238 e. The molecule has 1 heterocycles. The van der Waals surface area contributed by atoms with Crippen molar-refractivity contribution in [3.63, 3.8) is 0 Å². The van der Waals surface area contributed by atoms with E-state index in [4.69, 9.17) is 5.73 Å². The van der Waals surface area contributed by atoms with Gasteiger partial charge in [-0.15, -0.1) is 0 Å². The topological polar surface area (TPSA) is 101 Å². The van der Waals surface area contributed by atoms with Gasteiger partial charge >= 0.3 is 0 Å². The second-order valence-electron chi connectivity index (χ2n) is 6.87. The van der Waals surface area contributed by atoms with Gasteiger partial charge in [-0.25, -0.2) is 8.42 Å². The van der Waals surface area contributed by atoms with E-state index in [0.717, 1.165) is 5.56 Å². The van der Waals surface area contributed by atoms with Crippen molar-refractivity contribution in [1.29, 1.82) is 0 Å². The summed E-state index contributed by atoms with van der Waals surface area (Å²) < 4.78 is 27.0. The fraction of sp³-hybridized carbons (Fsp3) is 0.300. The number of hydrogen-bond donors (Lipinski definition) is 1. The first-order chi connectivity index (χ1) is 13.3. The Morgan fingerprint density at radius 2 is 1.57 bits per heavy atom. The van der Waals surface area contributed by atoms with E-state index in [1.807, 2.05) is 36.4 Å². The molecule has 0 spiro atoms. The molecular formula is C20H23N3O4S. The highest BCUT2D eigenvalue weighted by Crippen LogP contribution is 2.20. The van der Waals surface area contributed by atoms with Crippen LogP contribution in [0.5, 0.6) is 0 Å². The maximum absolute atomic E-state index is 12.9. The van der Waals surface area contributed by atoms with Gasteiger partial charge in [0.2, 0.25) is 21.8 Å². The number of sulfonamides is 1. The zero-order valence-corrected chi connectivity index (χ0v) is 16.2. The molecule has 7 nitrogen and oxygen atoms in total. The van der Waals surface area contributed by atoms with Gasteiger partial charge in [0.25, 0.3) is 0 Å². The molecule has 1 fully saturated rings. The van der Waals surface area contributed by atoms with E-state index in [2.05, 4.69) is 0 Å². The number of piperazine rings is 1. The molecule has 0 saturated carbocycles. The van der Waals surface area contributed by atoms with E-state index in [1.165, 1.54) is 9.21 Å². The van der Waals surface area contributed by atoms with Crippen LogP contribution >= 0.6 is 0 Å². The van der Waals surface area contributed by atoms with Gasteiger partial charge in [-0.3, -0.25) is 9.59 Å². The molecule has 0 aliphatic carbocycles. The Labute approximate surface area is 164 Å². The van der Waals surface area contributed by atoms with Gasteiger partial charge in [-0.2, -0.15) is 4.31 Å². The van der Waals surface area contributed by atoms with Crippen LogP contribution in [0.4, 0.5) is 0 Å². The van der Waals surface area contributed by atoms with E-state index in [-0.39, 0.29) is 25.4 Å². The fourth-order valence-corrected chi connectivity index (χ4v) is 4.88. The molecule has 2 amide bonds. The molecular weight excluding hydrogens is 378 g/mol. The third kappa shape index (κ3) is 4.96. The smallest absolute Gasteiger partial charge is 0.238 e. The molecule has 2 aromatic rings. The lowest BCUT2D eigenvalue weighted by Gasteiger charge is -2.40. The molecule has 2 aromatic carbocycles. The standard InChI is InChI=1S/C20H23N3O4S/c21-19(24)13-23-18(11-16-7-3-1-4-8-16)12-22(14-20(23)25)28(26,27)15-17-9-5-2-6-10-17/h1-10,18H,11-15H2,(H2,21,24). The number of primary amides is 1. The fourth-order valence-electron chi connectivity index (χ4n) is 3.38. The zero-order valence-electron chi connectivity index (χ0n) is 15.4. The molecule has 1 aliphatic heterocycles.